The molecule has 2 atom stereocenters. The largest absolute Gasteiger partial charge is 0.279 e. The van der Waals surface area contributed by atoms with Crippen molar-refractivity contribution in [3.63, 3.8) is 0 Å². The fourth-order valence-corrected chi connectivity index (χ4v) is 3.22. The van der Waals surface area contributed by atoms with Gasteiger partial charge in [-0.3, -0.25) is 14.5 Å². The SMILES string of the molecule is O=C1CC[C@H]2[C@@H](c3ccc(Cl)c(Cl)c3)CC(=O)N12. The lowest BCUT2D eigenvalue weighted by molar-refractivity contribution is -0.140. The van der Waals surface area contributed by atoms with Gasteiger partial charge in [0.25, 0.3) is 0 Å². The molecule has 2 heterocycles. The Morgan fingerprint density at radius 3 is 2.61 bits per heavy atom. The van der Waals surface area contributed by atoms with Gasteiger partial charge in [-0.1, -0.05) is 29.3 Å². The Morgan fingerprint density at radius 2 is 1.89 bits per heavy atom. The molecule has 0 N–H and O–H groups in total. The molecule has 94 valence electrons. The zero-order valence-electron chi connectivity index (χ0n) is 9.53. The van der Waals surface area contributed by atoms with Gasteiger partial charge in [-0.2, -0.15) is 0 Å². The highest BCUT2D eigenvalue weighted by atomic mass is 35.5. The van der Waals surface area contributed by atoms with Gasteiger partial charge >= 0.3 is 0 Å². The van der Waals surface area contributed by atoms with Crippen molar-refractivity contribution in [1.29, 1.82) is 0 Å². The van der Waals surface area contributed by atoms with Gasteiger partial charge in [0, 0.05) is 24.8 Å². The van der Waals surface area contributed by atoms with E-state index in [1.165, 1.54) is 4.90 Å². The molecule has 2 aliphatic heterocycles. The molecule has 3 rings (SSSR count). The quantitative estimate of drug-likeness (QED) is 0.743. The average Bonchev–Trinajstić information content (AvgIpc) is 2.86. The molecule has 2 amide bonds. The number of nitrogens with zero attached hydrogens (tertiary/aromatic N) is 1. The van der Waals surface area contributed by atoms with Crippen molar-refractivity contribution in [1.82, 2.24) is 4.90 Å². The Morgan fingerprint density at radius 1 is 1.11 bits per heavy atom. The summed E-state index contributed by atoms with van der Waals surface area (Å²) in [5.74, 6) is -0.0650. The number of carbonyl (C=O) groups excluding carboxylic acids is 2. The van der Waals surface area contributed by atoms with Crippen LogP contribution in [0.5, 0.6) is 0 Å². The van der Waals surface area contributed by atoms with E-state index in [1.807, 2.05) is 6.07 Å². The molecule has 5 heteroatoms. The summed E-state index contributed by atoms with van der Waals surface area (Å²) in [6.07, 6.45) is 1.60. The first kappa shape index (κ1) is 12.0. The van der Waals surface area contributed by atoms with E-state index in [2.05, 4.69) is 0 Å². The van der Waals surface area contributed by atoms with E-state index in [0.717, 1.165) is 12.0 Å². The molecular formula is C13H11Cl2NO2. The molecule has 0 aliphatic carbocycles. The van der Waals surface area contributed by atoms with Crippen molar-refractivity contribution in [2.45, 2.75) is 31.2 Å². The highest BCUT2D eigenvalue weighted by molar-refractivity contribution is 6.42. The number of fused-ring (bicyclic) bond motifs is 1. The Bertz CT molecular complexity index is 544. The van der Waals surface area contributed by atoms with Crippen molar-refractivity contribution in [3.8, 4) is 0 Å². The van der Waals surface area contributed by atoms with Crippen molar-refractivity contribution >= 4 is 35.0 Å². The molecule has 1 aromatic carbocycles. The zero-order valence-corrected chi connectivity index (χ0v) is 11.0. The van der Waals surface area contributed by atoms with Crippen LogP contribution in [0.1, 0.15) is 30.7 Å². The van der Waals surface area contributed by atoms with Gasteiger partial charge in [-0.05, 0) is 24.1 Å². The van der Waals surface area contributed by atoms with Crippen LogP contribution in [0.2, 0.25) is 10.0 Å². The van der Waals surface area contributed by atoms with Gasteiger partial charge in [0.2, 0.25) is 11.8 Å². The van der Waals surface area contributed by atoms with Crippen molar-refractivity contribution in [2.75, 3.05) is 0 Å². The van der Waals surface area contributed by atoms with Gasteiger partial charge < -0.3 is 0 Å². The normalized spacial score (nSPS) is 26.9. The van der Waals surface area contributed by atoms with E-state index in [0.29, 0.717) is 22.9 Å². The second-order valence-electron chi connectivity index (χ2n) is 4.75. The van der Waals surface area contributed by atoms with Crippen LogP contribution >= 0.6 is 23.2 Å². The number of amides is 2. The van der Waals surface area contributed by atoms with E-state index >= 15 is 0 Å². The molecule has 18 heavy (non-hydrogen) atoms. The highest BCUT2D eigenvalue weighted by Crippen LogP contribution is 2.41. The number of imide groups is 1. The molecule has 0 unspecified atom stereocenters. The molecule has 3 nitrogen and oxygen atoms in total. The predicted octanol–water partition coefficient (Wildman–Crippen LogP) is 3.00. The number of halogens is 2. The van der Waals surface area contributed by atoms with Crippen LogP contribution < -0.4 is 0 Å². The molecule has 0 spiro atoms. The maximum atomic E-state index is 11.8. The van der Waals surface area contributed by atoms with Crippen LogP contribution in [-0.4, -0.2) is 22.8 Å². The molecule has 2 aliphatic rings. The third kappa shape index (κ3) is 1.73. The molecular weight excluding hydrogens is 273 g/mol. The standard InChI is InChI=1S/C13H11Cl2NO2/c14-9-2-1-7(5-10(9)15)8-6-13(18)16-11(8)3-4-12(16)17/h1-2,5,8,11H,3-4,6H2/t8-,11+/m1/s1. The van der Waals surface area contributed by atoms with Crippen LogP contribution in [0.15, 0.2) is 18.2 Å². The number of hydrogen-bond donors (Lipinski definition) is 0. The predicted molar refractivity (Wildman–Crippen MR) is 68.7 cm³/mol. The van der Waals surface area contributed by atoms with Gasteiger partial charge in [0.1, 0.15) is 0 Å². The number of hydrogen-bond acceptors (Lipinski definition) is 2. The fraction of sp³-hybridized carbons (Fsp3) is 0.385. The second-order valence-corrected chi connectivity index (χ2v) is 5.56. The molecule has 0 radical (unpaired) electrons. The lowest BCUT2D eigenvalue weighted by atomic mass is 9.90. The van der Waals surface area contributed by atoms with Crippen molar-refractivity contribution in [2.24, 2.45) is 0 Å². The smallest absolute Gasteiger partial charge is 0.230 e. The summed E-state index contributed by atoms with van der Waals surface area (Å²) in [5.41, 5.74) is 0.986. The third-order valence-electron chi connectivity index (χ3n) is 3.75. The minimum absolute atomic E-state index is 0.00208. The number of benzene rings is 1. The summed E-state index contributed by atoms with van der Waals surface area (Å²) < 4.78 is 0. The van der Waals surface area contributed by atoms with E-state index in [1.54, 1.807) is 12.1 Å². The number of carbonyl (C=O) groups is 2. The number of rotatable bonds is 1. The van der Waals surface area contributed by atoms with Gasteiger partial charge in [-0.15, -0.1) is 0 Å². The van der Waals surface area contributed by atoms with Gasteiger partial charge in [-0.25, -0.2) is 0 Å². The summed E-state index contributed by atoms with van der Waals surface area (Å²) in [4.78, 5) is 24.9. The van der Waals surface area contributed by atoms with Crippen molar-refractivity contribution in [3.05, 3.63) is 33.8 Å². The summed E-state index contributed by atoms with van der Waals surface area (Å²) in [6.45, 7) is 0. The molecule has 1 aromatic rings. The summed E-state index contributed by atoms with van der Waals surface area (Å²) in [6, 6.07) is 5.43. The zero-order chi connectivity index (χ0) is 12.9. The molecule has 2 saturated heterocycles. The molecule has 0 saturated carbocycles. The topological polar surface area (TPSA) is 37.4 Å². The van der Waals surface area contributed by atoms with E-state index < -0.39 is 0 Å². The fourth-order valence-electron chi connectivity index (χ4n) is 2.92. The van der Waals surface area contributed by atoms with E-state index in [9.17, 15) is 9.59 Å². The first-order valence-electron chi connectivity index (χ1n) is 5.88. The Kier molecular flexibility index (Phi) is 2.83. The summed E-state index contributed by atoms with van der Waals surface area (Å²) in [7, 11) is 0. The van der Waals surface area contributed by atoms with Crippen molar-refractivity contribution < 1.29 is 9.59 Å². The third-order valence-corrected chi connectivity index (χ3v) is 4.49. The van der Waals surface area contributed by atoms with E-state index in [-0.39, 0.29) is 23.8 Å². The Labute approximate surface area is 115 Å². The van der Waals surface area contributed by atoms with Gasteiger partial charge in [0.15, 0.2) is 0 Å². The molecule has 2 fully saturated rings. The highest BCUT2D eigenvalue weighted by Gasteiger charge is 2.47. The van der Waals surface area contributed by atoms with Crippen LogP contribution in [0.4, 0.5) is 0 Å². The Hall–Kier alpha value is -1.06. The second kappa shape index (κ2) is 4.25. The first-order valence-corrected chi connectivity index (χ1v) is 6.63. The minimum Gasteiger partial charge on any atom is -0.279 e. The van der Waals surface area contributed by atoms with Crippen LogP contribution in [0.3, 0.4) is 0 Å². The maximum Gasteiger partial charge on any atom is 0.230 e. The van der Waals surface area contributed by atoms with Gasteiger partial charge in [0.05, 0.1) is 10.0 Å². The summed E-state index contributed by atoms with van der Waals surface area (Å²) >= 11 is 11.9. The van der Waals surface area contributed by atoms with E-state index in [4.69, 9.17) is 23.2 Å². The average molecular weight is 284 g/mol. The molecule has 0 bridgehead atoms. The van der Waals surface area contributed by atoms with Crippen LogP contribution in [0.25, 0.3) is 0 Å². The first-order chi connectivity index (χ1) is 8.58. The lowest BCUT2D eigenvalue weighted by Crippen LogP contribution is -2.32. The minimum atomic E-state index is -0.0708. The Balaban J connectivity index is 1.96. The van der Waals surface area contributed by atoms with Crippen LogP contribution in [0, 0.1) is 0 Å². The summed E-state index contributed by atoms with van der Waals surface area (Å²) in [5, 5.41) is 0.994. The lowest BCUT2D eigenvalue weighted by Gasteiger charge is -2.19. The monoisotopic (exact) mass is 283 g/mol. The van der Waals surface area contributed by atoms with Crippen LogP contribution in [-0.2, 0) is 9.59 Å². The maximum absolute atomic E-state index is 11.8. The molecule has 0 aromatic heterocycles.